The summed E-state index contributed by atoms with van der Waals surface area (Å²) in [5, 5.41) is 10.2. The molecule has 0 bridgehead atoms. The smallest absolute Gasteiger partial charge is 0.331 e. The van der Waals surface area contributed by atoms with Gasteiger partial charge in [0.15, 0.2) is 5.41 Å². The number of nitrogens with zero attached hydrogens (tertiary/aromatic N) is 2. The van der Waals surface area contributed by atoms with Crippen molar-refractivity contribution in [3.63, 3.8) is 0 Å². The van der Waals surface area contributed by atoms with Crippen LogP contribution in [0.2, 0.25) is 0 Å². The molecule has 31 heavy (non-hydrogen) atoms. The molecular formula is C25H26N2O4. The van der Waals surface area contributed by atoms with E-state index in [4.69, 9.17) is 4.74 Å². The van der Waals surface area contributed by atoms with Crippen LogP contribution >= 0.6 is 0 Å². The molecule has 2 atom stereocenters. The average molecular weight is 418 g/mol. The molecule has 2 aromatic carbocycles. The van der Waals surface area contributed by atoms with E-state index in [-0.39, 0.29) is 18.4 Å². The fourth-order valence-corrected chi connectivity index (χ4v) is 4.12. The van der Waals surface area contributed by atoms with Crippen molar-refractivity contribution < 1.29 is 19.1 Å². The highest BCUT2D eigenvalue weighted by Gasteiger charge is 2.58. The van der Waals surface area contributed by atoms with E-state index in [0.29, 0.717) is 11.3 Å². The van der Waals surface area contributed by atoms with Crippen LogP contribution in [0.3, 0.4) is 0 Å². The summed E-state index contributed by atoms with van der Waals surface area (Å²) in [5.41, 5.74) is -0.572. The molecule has 0 aliphatic carbocycles. The van der Waals surface area contributed by atoms with Gasteiger partial charge < -0.3 is 4.74 Å². The monoisotopic (exact) mass is 418 g/mol. The Balaban J connectivity index is 2.16. The lowest BCUT2D eigenvalue weighted by Gasteiger charge is -2.30. The molecule has 0 unspecified atom stereocenters. The molecule has 160 valence electrons. The Morgan fingerprint density at radius 2 is 1.71 bits per heavy atom. The van der Waals surface area contributed by atoms with Crippen molar-refractivity contribution in [2.45, 2.75) is 44.9 Å². The Bertz CT molecular complexity index is 1050. The molecule has 3 rings (SSSR count). The molecule has 0 spiro atoms. The number of imide groups is 1. The summed E-state index contributed by atoms with van der Waals surface area (Å²) in [4.78, 5) is 40.9. The van der Waals surface area contributed by atoms with Crippen molar-refractivity contribution in [3.05, 3.63) is 65.7 Å². The van der Waals surface area contributed by atoms with Gasteiger partial charge >= 0.3 is 5.97 Å². The maximum Gasteiger partial charge on any atom is 0.331 e. The number of carbonyl (C=O) groups excluding carboxylic acids is 3. The van der Waals surface area contributed by atoms with Crippen molar-refractivity contribution in [2.75, 3.05) is 11.5 Å². The van der Waals surface area contributed by atoms with E-state index in [0.717, 1.165) is 10.5 Å². The molecule has 1 aliphatic heterocycles. The highest BCUT2D eigenvalue weighted by molar-refractivity contribution is 6.23. The highest BCUT2D eigenvalue weighted by atomic mass is 16.5. The molecule has 6 heteroatoms. The highest BCUT2D eigenvalue weighted by Crippen LogP contribution is 2.43. The first-order valence-electron chi connectivity index (χ1n) is 10.3. The number of anilines is 1. The van der Waals surface area contributed by atoms with Gasteiger partial charge in [-0.05, 0) is 29.5 Å². The fourth-order valence-electron chi connectivity index (χ4n) is 4.12. The summed E-state index contributed by atoms with van der Waals surface area (Å²) in [6, 6.07) is 17.6. The van der Waals surface area contributed by atoms with Gasteiger partial charge in [0.05, 0.1) is 24.3 Å². The van der Waals surface area contributed by atoms with Crippen LogP contribution in [0.1, 0.15) is 45.2 Å². The molecule has 1 heterocycles. The van der Waals surface area contributed by atoms with Crippen LogP contribution in [0.5, 0.6) is 0 Å². The van der Waals surface area contributed by atoms with Gasteiger partial charge in [0, 0.05) is 6.42 Å². The van der Waals surface area contributed by atoms with Crippen LogP contribution in [-0.4, -0.2) is 24.4 Å². The predicted octanol–water partition coefficient (Wildman–Crippen LogP) is 3.89. The third-order valence-electron chi connectivity index (χ3n) is 5.63. The first kappa shape index (κ1) is 22.2. The molecule has 6 nitrogen and oxygen atoms in total. The summed E-state index contributed by atoms with van der Waals surface area (Å²) in [6.45, 7) is 7.68. The molecule has 0 N–H and O–H groups in total. The third kappa shape index (κ3) is 3.72. The van der Waals surface area contributed by atoms with E-state index in [9.17, 15) is 19.6 Å². The minimum atomic E-state index is -1.91. The quantitative estimate of drug-likeness (QED) is 0.543. The summed E-state index contributed by atoms with van der Waals surface area (Å²) in [6.07, 6.45) is -0.251. The number of nitriles is 1. The lowest BCUT2D eigenvalue weighted by molar-refractivity contribution is -0.151. The fraction of sp³-hybridized carbons (Fsp3) is 0.360. The number of benzene rings is 2. The zero-order chi connectivity index (χ0) is 22.8. The van der Waals surface area contributed by atoms with Gasteiger partial charge in [0.25, 0.3) is 0 Å². The van der Waals surface area contributed by atoms with Gasteiger partial charge in [-0.3, -0.25) is 9.59 Å². The molecule has 1 fully saturated rings. The van der Waals surface area contributed by atoms with Crippen LogP contribution in [-0.2, 0) is 30.0 Å². The number of amides is 2. The van der Waals surface area contributed by atoms with Gasteiger partial charge in [0.1, 0.15) is 0 Å². The van der Waals surface area contributed by atoms with Crippen LogP contribution in [0.15, 0.2) is 54.6 Å². The van der Waals surface area contributed by atoms with Crippen molar-refractivity contribution in [3.8, 4) is 6.07 Å². The number of rotatable bonds is 5. The van der Waals surface area contributed by atoms with E-state index in [1.807, 2.05) is 32.9 Å². The first-order valence-corrected chi connectivity index (χ1v) is 10.3. The molecule has 0 saturated carbocycles. The normalized spacial score (nSPS) is 18.4. The molecule has 0 radical (unpaired) electrons. The zero-order valence-electron chi connectivity index (χ0n) is 18.2. The molecule has 2 aromatic rings. The van der Waals surface area contributed by atoms with Crippen molar-refractivity contribution in [2.24, 2.45) is 5.92 Å². The number of carbonyl (C=O) groups is 3. The minimum absolute atomic E-state index is 0.0561. The van der Waals surface area contributed by atoms with Crippen LogP contribution in [0.4, 0.5) is 5.69 Å². The topological polar surface area (TPSA) is 87.5 Å². The van der Waals surface area contributed by atoms with Gasteiger partial charge in [-0.1, -0.05) is 69.3 Å². The maximum absolute atomic E-state index is 13.6. The van der Waals surface area contributed by atoms with E-state index < -0.39 is 29.1 Å². The Morgan fingerprint density at radius 3 is 2.29 bits per heavy atom. The largest absolute Gasteiger partial charge is 0.465 e. The predicted molar refractivity (Wildman–Crippen MR) is 116 cm³/mol. The molecule has 2 amide bonds. The lowest BCUT2D eigenvalue weighted by Crippen LogP contribution is -2.47. The molecule has 1 aliphatic rings. The second-order valence-electron chi connectivity index (χ2n) is 8.60. The lowest BCUT2D eigenvalue weighted by atomic mass is 9.70. The molecule has 1 saturated heterocycles. The number of esters is 1. The van der Waals surface area contributed by atoms with Gasteiger partial charge in [-0.15, -0.1) is 0 Å². The molecular weight excluding hydrogens is 392 g/mol. The number of hydrogen-bond acceptors (Lipinski definition) is 5. The number of hydrogen-bond donors (Lipinski definition) is 0. The van der Waals surface area contributed by atoms with Crippen LogP contribution in [0.25, 0.3) is 0 Å². The number of ether oxygens (including phenoxy) is 1. The van der Waals surface area contributed by atoms with Gasteiger partial charge in [0.2, 0.25) is 11.8 Å². The van der Waals surface area contributed by atoms with E-state index in [1.54, 1.807) is 49.4 Å². The van der Waals surface area contributed by atoms with Crippen molar-refractivity contribution in [1.29, 1.82) is 5.26 Å². The summed E-state index contributed by atoms with van der Waals surface area (Å²) in [7, 11) is 0. The Morgan fingerprint density at radius 1 is 1.10 bits per heavy atom. The third-order valence-corrected chi connectivity index (χ3v) is 5.63. The summed E-state index contributed by atoms with van der Waals surface area (Å²) >= 11 is 0. The van der Waals surface area contributed by atoms with Gasteiger partial charge in [-0.2, -0.15) is 5.26 Å². The minimum Gasteiger partial charge on any atom is -0.465 e. The van der Waals surface area contributed by atoms with Crippen molar-refractivity contribution in [1.82, 2.24) is 0 Å². The zero-order valence-corrected chi connectivity index (χ0v) is 18.2. The second-order valence-corrected chi connectivity index (χ2v) is 8.60. The Labute approximate surface area is 182 Å². The summed E-state index contributed by atoms with van der Waals surface area (Å²) in [5.74, 6) is -3.01. The second kappa shape index (κ2) is 8.35. The van der Waals surface area contributed by atoms with Crippen LogP contribution < -0.4 is 4.90 Å². The first-order chi connectivity index (χ1) is 14.7. The number of para-hydroxylation sites is 1. The Hall–Kier alpha value is -3.46. The van der Waals surface area contributed by atoms with E-state index in [1.165, 1.54) is 0 Å². The van der Waals surface area contributed by atoms with E-state index in [2.05, 4.69) is 6.07 Å². The average Bonchev–Trinajstić information content (AvgIpc) is 3.04. The SMILES string of the molecule is CCOC(=O)[C@@](C#N)(c1ccccc1)[C@@H]1CC(=O)N(c2ccccc2C(C)(C)C)C1=O. The molecule has 0 aromatic heterocycles. The standard InChI is InChI=1S/C25H26N2O4/c1-5-31-23(30)25(16-26,17-11-7-6-8-12-17)19-15-21(28)27(22(19)29)20-14-10-9-13-18(20)24(2,3)4/h6-14,19H,5,15H2,1-4H3/t19-,25+/m1/s1. The van der Waals surface area contributed by atoms with E-state index >= 15 is 0 Å². The van der Waals surface area contributed by atoms with Crippen molar-refractivity contribution >= 4 is 23.5 Å². The van der Waals surface area contributed by atoms with Crippen LogP contribution in [0, 0.1) is 17.2 Å². The van der Waals surface area contributed by atoms with Gasteiger partial charge in [-0.25, -0.2) is 9.69 Å². The Kier molecular flexibility index (Phi) is 5.99. The maximum atomic E-state index is 13.6. The summed E-state index contributed by atoms with van der Waals surface area (Å²) < 4.78 is 5.22.